The molecule has 1 aromatic carbocycles. The Morgan fingerprint density at radius 2 is 2.00 bits per heavy atom. The number of rotatable bonds is 2. The van der Waals surface area contributed by atoms with Gasteiger partial charge in [-0.3, -0.25) is 4.79 Å². The first-order valence-electron chi connectivity index (χ1n) is 5.69. The summed E-state index contributed by atoms with van der Waals surface area (Å²) in [5, 5.41) is 0.783. The quantitative estimate of drug-likeness (QED) is 0.852. The number of hydrogen-bond acceptors (Lipinski definition) is 4. The normalized spacial score (nSPS) is 15.2. The van der Waals surface area contributed by atoms with Crippen molar-refractivity contribution in [3.63, 3.8) is 0 Å². The van der Waals surface area contributed by atoms with Crippen molar-refractivity contribution >= 4 is 32.6 Å². The van der Waals surface area contributed by atoms with Gasteiger partial charge in [-0.2, -0.15) is 8.42 Å². The highest BCUT2D eigenvalue weighted by Gasteiger charge is 2.26. The fourth-order valence-electron chi connectivity index (χ4n) is 2.24. The number of ketones is 1. The van der Waals surface area contributed by atoms with Crippen LogP contribution in [0.2, 0.25) is 0 Å². The predicted octanol–water partition coefficient (Wildman–Crippen LogP) is 2.07. The summed E-state index contributed by atoms with van der Waals surface area (Å²) < 4.78 is 27.4. The molecule has 0 fully saturated rings. The Kier molecular flexibility index (Phi) is 2.50. The van der Waals surface area contributed by atoms with Crippen LogP contribution in [-0.2, 0) is 14.3 Å². The fraction of sp³-hybridized carbons (Fsp3) is 0.154. The van der Waals surface area contributed by atoms with Crippen LogP contribution in [0.3, 0.4) is 0 Å². The lowest BCUT2D eigenvalue weighted by Crippen LogP contribution is -2.11. The number of carbonyl (C=O) groups is 1. The lowest BCUT2D eigenvalue weighted by Gasteiger charge is -2.12. The lowest BCUT2D eigenvalue weighted by molar-refractivity contribution is 0.0994. The van der Waals surface area contributed by atoms with Crippen molar-refractivity contribution in [3.05, 3.63) is 41.6 Å². The van der Waals surface area contributed by atoms with Gasteiger partial charge in [0.15, 0.2) is 11.5 Å². The minimum absolute atomic E-state index is 0.0479. The highest BCUT2D eigenvalue weighted by molar-refractivity contribution is 7.86. The van der Waals surface area contributed by atoms with E-state index in [0.717, 1.165) is 17.2 Å². The van der Waals surface area contributed by atoms with Crippen LogP contribution in [0.1, 0.15) is 22.5 Å². The Morgan fingerprint density at radius 3 is 2.74 bits per heavy atom. The van der Waals surface area contributed by atoms with Crippen LogP contribution >= 0.6 is 0 Å². The van der Waals surface area contributed by atoms with Gasteiger partial charge in [-0.15, -0.1) is 0 Å². The number of fused-ring (bicyclic) bond motifs is 3. The molecule has 1 heterocycles. The van der Waals surface area contributed by atoms with Crippen LogP contribution in [0.15, 0.2) is 30.3 Å². The molecule has 1 aromatic heterocycles. The standard InChI is InChI=1S/C13H11NO4S/c1-19(16,17)18-11-7-6-10(15)12-8-4-2-3-5-9(8)14-13(11)12/h2-5,7,14H,6H2,1H3. The minimum Gasteiger partial charge on any atom is -0.381 e. The van der Waals surface area contributed by atoms with Crippen molar-refractivity contribution in [2.24, 2.45) is 0 Å². The van der Waals surface area contributed by atoms with Gasteiger partial charge in [-0.1, -0.05) is 18.2 Å². The van der Waals surface area contributed by atoms with E-state index >= 15 is 0 Å². The number of benzene rings is 1. The number of allylic oxidation sites excluding steroid dienone is 1. The molecule has 5 nitrogen and oxygen atoms in total. The zero-order valence-electron chi connectivity index (χ0n) is 10.1. The molecule has 0 amide bonds. The van der Waals surface area contributed by atoms with E-state index in [4.69, 9.17) is 4.18 Å². The number of aromatic amines is 1. The average Bonchev–Trinajstić information content (AvgIpc) is 2.71. The second kappa shape index (κ2) is 3.96. The van der Waals surface area contributed by atoms with Gasteiger partial charge in [-0.05, 0) is 12.1 Å². The third-order valence-corrected chi connectivity index (χ3v) is 3.43. The SMILES string of the molecule is CS(=O)(=O)OC1=CCC(=O)c2c1[nH]c1ccccc21. The third kappa shape index (κ3) is 2.04. The Balaban J connectivity index is 2.23. The van der Waals surface area contributed by atoms with Gasteiger partial charge in [0, 0.05) is 17.3 Å². The van der Waals surface area contributed by atoms with Gasteiger partial charge in [0.2, 0.25) is 0 Å². The summed E-state index contributed by atoms with van der Waals surface area (Å²) in [6.45, 7) is 0. The van der Waals surface area contributed by atoms with Crippen LogP contribution in [0.5, 0.6) is 0 Å². The molecule has 0 unspecified atom stereocenters. The van der Waals surface area contributed by atoms with Gasteiger partial charge >= 0.3 is 10.1 Å². The molecular weight excluding hydrogens is 266 g/mol. The Hall–Kier alpha value is -2.08. The maximum Gasteiger partial charge on any atom is 0.306 e. The van der Waals surface area contributed by atoms with Gasteiger partial charge in [0.1, 0.15) is 0 Å². The fourth-order valence-corrected chi connectivity index (χ4v) is 2.72. The van der Waals surface area contributed by atoms with Crippen molar-refractivity contribution in [1.29, 1.82) is 0 Å². The number of H-pyrrole nitrogens is 1. The summed E-state index contributed by atoms with van der Waals surface area (Å²) in [6.07, 6.45) is 2.60. The van der Waals surface area contributed by atoms with E-state index < -0.39 is 10.1 Å². The monoisotopic (exact) mass is 277 g/mol. The number of carbonyl (C=O) groups excluding carboxylic acids is 1. The van der Waals surface area contributed by atoms with Crippen molar-refractivity contribution in [1.82, 2.24) is 4.98 Å². The molecule has 3 rings (SSSR count). The summed E-state index contributed by atoms with van der Waals surface area (Å²) in [5.41, 5.74) is 1.71. The first-order valence-corrected chi connectivity index (χ1v) is 7.51. The van der Waals surface area contributed by atoms with Crippen molar-refractivity contribution in [3.8, 4) is 0 Å². The Labute approximate surface area is 110 Å². The van der Waals surface area contributed by atoms with Crippen LogP contribution in [0.25, 0.3) is 16.7 Å². The zero-order valence-corrected chi connectivity index (χ0v) is 11.0. The molecule has 6 heteroatoms. The molecular formula is C13H11NO4S. The van der Waals surface area contributed by atoms with Gasteiger partial charge in [0.25, 0.3) is 0 Å². The summed E-state index contributed by atoms with van der Waals surface area (Å²) >= 11 is 0. The van der Waals surface area contributed by atoms with Crippen molar-refractivity contribution < 1.29 is 17.4 Å². The molecule has 0 aliphatic heterocycles. The minimum atomic E-state index is -3.62. The summed E-state index contributed by atoms with van der Waals surface area (Å²) in [6, 6.07) is 7.33. The molecule has 19 heavy (non-hydrogen) atoms. The molecule has 0 bridgehead atoms. The smallest absolute Gasteiger partial charge is 0.306 e. The molecule has 1 N–H and O–H groups in total. The van der Waals surface area contributed by atoms with Crippen molar-refractivity contribution in [2.45, 2.75) is 6.42 Å². The Bertz CT molecular complexity index is 814. The molecule has 0 saturated heterocycles. The average molecular weight is 277 g/mol. The van der Waals surface area contributed by atoms with Gasteiger partial charge in [-0.25, -0.2) is 0 Å². The molecule has 1 aliphatic carbocycles. The molecule has 0 saturated carbocycles. The summed E-state index contributed by atoms with van der Waals surface area (Å²) in [4.78, 5) is 15.0. The van der Waals surface area contributed by atoms with Crippen LogP contribution in [-0.4, -0.2) is 25.4 Å². The zero-order chi connectivity index (χ0) is 13.6. The molecule has 1 aliphatic rings. The first kappa shape index (κ1) is 12.0. The highest BCUT2D eigenvalue weighted by Crippen LogP contribution is 2.33. The van der Waals surface area contributed by atoms with E-state index in [1.54, 1.807) is 0 Å². The van der Waals surface area contributed by atoms with Crippen LogP contribution in [0, 0.1) is 0 Å². The van der Waals surface area contributed by atoms with E-state index in [2.05, 4.69) is 4.98 Å². The van der Waals surface area contributed by atoms with E-state index in [-0.39, 0.29) is 18.0 Å². The topological polar surface area (TPSA) is 76.2 Å². The second-order valence-corrected chi connectivity index (χ2v) is 5.98. The summed E-state index contributed by atoms with van der Waals surface area (Å²) in [7, 11) is -3.62. The van der Waals surface area contributed by atoms with E-state index in [9.17, 15) is 13.2 Å². The highest BCUT2D eigenvalue weighted by atomic mass is 32.2. The first-order chi connectivity index (χ1) is 8.96. The van der Waals surface area contributed by atoms with E-state index in [1.807, 2.05) is 24.3 Å². The van der Waals surface area contributed by atoms with E-state index in [1.165, 1.54) is 6.08 Å². The number of aromatic nitrogens is 1. The number of hydrogen-bond donors (Lipinski definition) is 1. The molecule has 98 valence electrons. The molecule has 0 spiro atoms. The third-order valence-electron chi connectivity index (χ3n) is 2.95. The maximum atomic E-state index is 12.0. The molecule has 0 atom stereocenters. The van der Waals surface area contributed by atoms with Gasteiger partial charge < -0.3 is 9.17 Å². The largest absolute Gasteiger partial charge is 0.381 e. The molecule has 2 aromatic rings. The predicted molar refractivity (Wildman–Crippen MR) is 71.2 cm³/mol. The second-order valence-electron chi connectivity index (χ2n) is 4.40. The number of nitrogens with one attached hydrogen (secondary N) is 1. The lowest BCUT2D eigenvalue weighted by atomic mass is 9.98. The van der Waals surface area contributed by atoms with Crippen LogP contribution < -0.4 is 0 Å². The Morgan fingerprint density at radius 1 is 1.26 bits per heavy atom. The molecule has 0 radical (unpaired) electrons. The summed E-state index contributed by atoms with van der Waals surface area (Å²) in [5.74, 6) is 0.140. The van der Waals surface area contributed by atoms with E-state index in [0.29, 0.717) is 11.3 Å². The number of Topliss-reactive ketones (excluding diaryl/α,β-unsaturated/α-hetero) is 1. The maximum absolute atomic E-state index is 12.0. The van der Waals surface area contributed by atoms with Gasteiger partial charge in [0.05, 0.1) is 17.5 Å². The van der Waals surface area contributed by atoms with Crippen LogP contribution in [0.4, 0.5) is 0 Å². The number of para-hydroxylation sites is 1. The van der Waals surface area contributed by atoms with Crippen molar-refractivity contribution in [2.75, 3.05) is 6.26 Å².